The van der Waals surface area contributed by atoms with Gasteiger partial charge in [-0.25, -0.2) is 9.36 Å². The van der Waals surface area contributed by atoms with Gasteiger partial charge in [-0.2, -0.15) is 0 Å². The van der Waals surface area contributed by atoms with E-state index in [9.17, 15) is 14.4 Å². The number of nitrogens with zero attached hydrogens (tertiary/aromatic N) is 2. The van der Waals surface area contributed by atoms with Crippen LogP contribution in [0.15, 0.2) is 46.0 Å². The summed E-state index contributed by atoms with van der Waals surface area (Å²) in [6.45, 7) is 1.81. The average Bonchev–Trinajstić information content (AvgIpc) is 3.09. The molecule has 1 amide bonds. The number of aromatic nitrogens is 2. The third-order valence-corrected chi connectivity index (χ3v) is 6.30. The highest BCUT2D eigenvalue weighted by atomic mass is 32.1. The Kier molecular flexibility index (Phi) is 5.17. The molecule has 6 nitrogen and oxygen atoms in total. The molecule has 4 rings (SSSR count). The molecule has 1 aromatic carbocycles. The zero-order valence-electron chi connectivity index (χ0n) is 15.8. The number of rotatable bonds is 4. The minimum atomic E-state index is -0.482. The van der Waals surface area contributed by atoms with Crippen molar-refractivity contribution < 1.29 is 4.79 Å². The van der Waals surface area contributed by atoms with Crippen molar-refractivity contribution in [3.63, 3.8) is 0 Å². The number of thiophene rings is 1. The Morgan fingerprint density at radius 1 is 1.14 bits per heavy atom. The zero-order chi connectivity index (χ0) is 19.7. The molecule has 3 aromatic rings. The molecule has 146 valence electrons. The Balaban J connectivity index is 1.77. The van der Waals surface area contributed by atoms with Gasteiger partial charge in [0.05, 0.1) is 11.1 Å². The molecule has 1 aliphatic carbocycles. The van der Waals surface area contributed by atoms with Gasteiger partial charge in [0, 0.05) is 10.9 Å². The van der Waals surface area contributed by atoms with Crippen LogP contribution in [0.5, 0.6) is 0 Å². The molecule has 0 aliphatic heterocycles. The molecule has 0 bridgehead atoms. The van der Waals surface area contributed by atoms with Gasteiger partial charge in [-0.3, -0.25) is 14.2 Å². The van der Waals surface area contributed by atoms with Crippen LogP contribution in [0, 0.1) is 6.92 Å². The SMILES string of the molecule is Cc1cc2c(=O)n(-c3ccccc3)c(=O)n(CC(=O)NC3CCCCC3)c2s1. The van der Waals surface area contributed by atoms with E-state index in [0.29, 0.717) is 15.9 Å². The number of carbonyl (C=O) groups is 1. The van der Waals surface area contributed by atoms with Gasteiger partial charge in [0.2, 0.25) is 5.91 Å². The summed E-state index contributed by atoms with van der Waals surface area (Å²) in [5, 5.41) is 3.53. The van der Waals surface area contributed by atoms with Crippen molar-refractivity contribution in [1.82, 2.24) is 14.5 Å². The van der Waals surface area contributed by atoms with Crippen LogP contribution in [0.4, 0.5) is 0 Å². The maximum absolute atomic E-state index is 13.2. The predicted octanol–water partition coefficient (Wildman–Crippen LogP) is 2.97. The van der Waals surface area contributed by atoms with Gasteiger partial charge < -0.3 is 5.32 Å². The Labute approximate surface area is 166 Å². The highest BCUT2D eigenvalue weighted by molar-refractivity contribution is 7.18. The number of benzene rings is 1. The first-order valence-electron chi connectivity index (χ1n) is 9.65. The number of nitrogens with one attached hydrogen (secondary N) is 1. The van der Waals surface area contributed by atoms with Crippen molar-refractivity contribution in [2.75, 3.05) is 0 Å². The largest absolute Gasteiger partial charge is 0.352 e. The maximum atomic E-state index is 13.2. The minimum Gasteiger partial charge on any atom is -0.352 e. The van der Waals surface area contributed by atoms with Gasteiger partial charge in [-0.15, -0.1) is 11.3 Å². The summed E-state index contributed by atoms with van der Waals surface area (Å²) >= 11 is 1.37. The molecule has 0 spiro atoms. The highest BCUT2D eigenvalue weighted by Crippen LogP contribution is 2.22. The maximum Gasteiger partial charge on any atom is 0.337 e. The van der Waals surface area contributed by atoms with Crippen LogP contribution in [-0.2, 0) is 11.3 Å². The molecule has 0 unspecified atom stereocenters. The molecular weight excluding hydrogens is 374 g/mol. The third-order valence-electron chi connectivity index (χ3n) is 5.22. The van der Waals surface area contributed by atoms with E-state index in [0.717, 1.165) is 35.1 Å². The number of hydrogen-bond acceptors (Lipinski definition) is 4. The minimum absolute atomic E-state index is 0.0844. The number of carbonyl (C=O) groups excluding carboxylic acids is 1. The van der Waals surface area contributed by atoms with Crippen molar-refractivity contribution in [3.05, 3.63) is 62.1 Å². The average molecular weight is 398 g/mol. The van der Waals surface area contributed by atoms with Gasteiger partial charge in [0.15, 0.2) is 0 Å². The molecule has 1 fully saturated rings. The summed E-state index contributed by atoms with van der Waals surface area (Å²) in [5.74, 6) is -0.181. The molecule has 0 saturated heterocycles. The molecule has 7 heteroatoms. The Morgan fingerprint density at radius 2 is 1.86 bits per heavy atom. The molecule has 1 N–H and O–H groups in total. The first-order valence-corrected chi connectivity index (χ1v) is 10.5. The molecule has 0 radical (unpaired) electrons. The highest BCUT2D eigenvalue weighted by Gasteiger charge is 2.20. The van der Waals surface area contributed by atoms with E-state index in [-0.39, 0.29) is 24.1 Å². The zero-order valence-corrected chi connectivity index (χ0v) is 16.6. The monoisotopic (exact) mass is 397 g/mol. The lowest BCUT2D eigenvalue weighted by molar-refractivity contribution is -0.122. The fourth-order valence-electron chi connectivity index (χ4n) is 3.88. The summed E-state index contributed by atoms with van der Waals surface area (Å²) in [4.78, 5) is 40.3. The second-order valence-corrected chi connectivity index (χ2v) is 8.56. The Hall–Kier alpha value is -2.67. The quantitative estimate of drug-likeness (QED) is 0.736. The van der Waals surface area contributed by atoms with E-state index >= 15 is 0 Å². The van der Waals surface area contributed by atoms with Crippen LogP contribution in [0.2, 0.25) is 0 Å². The van der Waals surface area contributed by atoms with Crippen molar-refractivity contribution in [3.8, 4) is 5.69 Å². The molecule has 1 aliphatic rings. The van der Waals surface area contributed by atoms with Crippen molar-refractivity contribution in [2.24, 2.45) is 0 Å². The Morgan fingerprint density at radius 3 is 2.57 bits per heavy atom. The van der Waals surface area contributed by atoms with Gasteiger partial charge in [-0.1, -0.05) is 37.5 Å². The number of amides is 1. The van der Waals surface area contributed by atoms with Crippen molar-refractivity contribution in [1.29, 1.82) is 0 Å². The normalized spacial score (nSPS) is 15.0. The van der Waals surface area contributed by atoms with Crippen molar-refractivity contribution >= 4 is 27.5 Å². The van der Waals surface area contributed by atoms with Gasteiger partial charge in [0.25, 0.3) is 5.56 Å². The lowest BCUT2D eigenvalue weighted by atomic mass is 9.95. The molecule has 1 saturated carbocycles. The van der Waals surface area contributed by atoms with E-state index in [2.05, 4.69) is 5.32 Å². The molecule has 2 heterocycles. The van der Waals surface area contributed by atoms with E-state index in [4.69, 9.17) is 0 Å². The first kappa shape index (κ1) is 18.7. The van der Waals surface area contributed by atoms with Crippen LogP contribution in [0.3, 0.4) is 0 Å². The number of aryl methyl sites for hydroxylation is 1. The van der Waals surface area contributed by atoms with Crippen molar-refractivity contribution in [2.45, 2.75) is 51.6 Å². The number of fused-ring (bicyclic) bond motifs is 1. The fraction of sp³-hybridized carbons (Fsp3) is 0.381. The first-order chi connectivity index (χ1) is 13.5. The predicted molar refractivity (Wildman–Crippen MR) is 111 cm³/mol. The topological polar surface area (TPSA) is 73.1 Å². The summed E-state index contributed by atoms with van der Waals surface area (Å²) in [5.41, 5.74) is -0.325. The smallest absolute Gasteiger partial charge is 0.337 e. The molecule has 28 heavy (non-hydrogen) atoms. The summed E-state index contributed by atoms with van der Waals surface area (Å²) in [6.07, 6.45) is 5.43. The summed E-state index contributed by atoms with van der Waals surface area (Å²) in [7, 11) is 0. The van der Waals surface area contributed by atoms with E-state index in [1.54, 1.807) is 30.3 Å². The third kappa shape index (κ3) is 3.54. The van der Waals surface area contributed by atoms with Crippen LogP contribution >= 0.6 is 11.3 Å². The van der Waals surface area contributed by atoms with Crippen LogP contribution < -0.4 is 16.6 Å². The number of hydrogen-bond donors (Lipinski definition) is 1. The lowest BCUT2D eigenvalue weighted by Crippen LogP contribution is -2.43. The van der Waals surface area contributed by atoms with Crippen LogP contribution in [-0.4, -0.2) is 21.1 Å². The standard InChI is InChI=1S/C21H23N3O3S/c1-14-12-17-19(26)24(16-10-6-3-7-11-16)21(27)23(20(17)28-14)13-18(25)22-15-8-4-2-5-9-15/h3,6-7,10-12,15H,2,4-5,8-9,13H2,1H3,(H,22,25). The summed E-state index contributed by atoms with van der Waals surface area (Å²) in [6, 6.07) is 10.8. The molecule has 0 atom stereocenters. The van der Waals surface area contributed by atoms with Gasteiger partial charge in [0.1, 0.15) is 11.4 Å². The van der Waals surface area contributed by atoms with Crippen LogP contribution in [0.1, 0.15) is 37.0 Å². The van der Waals surface area contributed by atoms with Gasteiger partial charge in [-0.05, 0) is 38.0 Å². The fourth-order valence-corrected chi connectivity index (χ4v) is 4.87. The second-order valence-electron chi connectivity index (χ2n) is 7.32. The number of para-hydroxylation sites is 1. The van der Waals surface area contributed by atoms with Gasteiger partial charge >= 0.3 is 5.69 Å². The molecule has 2 aromatic heterocycles. The van der Waals surface area contributed by atoms with E-state index in [1.807, 2.05) is 13.0 Å². The summed E-state index contributed by atoms with van der Waals surface area (Å²) < 4.78 is 2.59. The Bertz CT molecular complexity index is 1120. The molecular formula is C21H23N3O3S. The van der Waals surface area contributed by atoms with Crippen LogP contribution in [0.25, 0.3) is 15.9 Å². The van der Waals surface area contributed by atoms with E-state index in [1.165, 1.54) is 22.3 Å². The second kappa shape index (κ2) is 7.75. The van der Waals surface area contributed by atoms with E-state index < -0.39 is 5.69 Å². The lowest BCUT2D eigenvalue weighted by Gasteiger charge is -2.23.